The molecular weight excluding hydrogens is 450 g/mol. The molecular formula is C27H30ClN3O3. The lowest BCUT2D eigenvalue weighted by Crippen LogP contribution is -2.47. The Morgan fingerprint density at radius 2 is 1.71 bits per heavy atom. The van der Waals surface area contributed by atoms with E-state index in [1.54, 1.807) is 12.1 Å². The number of nitrogens with zero attached hydrogens (tertiary/aromatic N) is 2. The van der Waals surface area contributed by atoms with Crippen LogP contribution < -0.4 is 5.32 Å². The molecule has 0 bridgehead atoms. The van der Waals surface area contributed by atoms with Crippen molar-refractivity contribution in [2.24, 2.45) is 0 Å². The average Bonchev–Trinajstić information content (AvgIpc) is 3.18. The Hall–Kier alpha value is -2.83. The van der Waals surface area contributed by atoms with Crippen LogP contribution in [0.2, 0.25) is 5.02 Å². The molecule has 178 valence electrons. The highest BCUT2D eigenvalue weighted by molar-refractivity contribution is 6.30. The number of carboxylic acid groups (broad SMARTS) is 1. The van der Waals surface area contributed by atoms with Gasteiger partial charge in [-0.1, -0.05) is 49.1 Å². The highest BCUT2D eigenvalue weighted by Gasteiger charge is 2.28. The topological polar surface area (TPSA) is 74.6 Å². The van der Waals surface area contributed by atoms with Crippen molar-refractivity contribution in [3.63, 3.8) is 0 Å². The molecule has 2 heterocycles. The van der Waals surface area contributed by atoms with Crippen LogP contribution in [0.15, 0.2) is 42.5 Å². The molecule has 0 spiro atoms. The summed E-state index contributed by atoms with van der Waals surface area (Å²) >= 11 is 6.21. The first kappa shape index (κ1) is 22.9. The lowest BCUT2D eigenvalue weighted by Gasteiger charge is -2.28. The molecule has 1 amide bonds. The van der Waals surface area contributed by atoms with E-state index in [-0.39, 0.29) is 18.0 Å². The summed E-state index contributed by atoms with van der Waals surface area (Å²) in [5, 5.41) is 14.7. The third kappa shape index (κ3) is 4.44. The van der Waals surface area contributed by atoms with Gasteiger partial charge in [-0.25, -0.2) is 4.79 Å². The summed E-state index contributed by atoms with van der Waals surface area (Å²) in [6, 6.07) is 13.1. The maximum absolute atomic E-state index is 13.4. The van der Waals surface area contributed by atoms with E-state index >= 15 is 0 Å². The molecule has 5 rings (SSSR count). The number of fused-ring (bicyclic) bond motifs is 1. The number of hydrogen-bond donors (Lipinski definition) is 2. The van der Waals surface area contributed by atoms with Crippen LogP contribution in [-0.4, -0.2) is 52.6 Å². The number of carbonyl (C=O) groups excluding carboxylic acids is 1. The number of aromatic carboxylic acids is 1. The summed E-state index contributed by atoms with van der Waals surface area (Å²) in [5.74, 6) is -0.520. The number of halogens is 1. The zero-order valence-corrected chi connectivity index (χ0v) is 20.0. The smallest absolute Gasteiger partial charge is 0.335 e. The summed E-state index contributed by atoms with van der Waals surface area (Å²) < 4.78 is 2.05. The molecule has 3 aromatic rings. The Bertz CT molecular complexity index is 1210. The molecule has 7 heteroatoms. The van der Waals surface area contributed by atoms with Gasteiger partial charge in [-0.05, 0) is 54.2 Å². The largest absolute Gasteiger partial charge is 0.478 e. The highest BCUT2D eigenvalue weighted by atomic mass is 35.5. The van der Waals surface area contributed by atoms with E-state index in [9.17, 15) is 14.7 Å². The third-order valence-electron chi connectivity index (χ3n) is 7.24. The molecule has 6 nitrogen and oxygen atoms in total. The second-order valence-electron chi connectivity index (χ2n) is 9.36. The lowest BCUT2D eigenvalue weighted by molar-refractivity contribution is -0.132. The number of nitrogens with one attached hydrogen (secondary N) is 1. The van der Waals surface area contributed by atoms with Crippen LogP contribution in [0.25, 0.3) is 22.2 Å². The van der Waals surface area contributed by atoms with Gasteiger partial charge in [-0.3, -0.25) is 4.79 Å². The van der Waals surface area contributed by atoms with Gasteiger partial charge in [0.1, 0.15) is 6.54 Å². The minimum Gasteiger partial charge on any atom is -0.478 e. The van der Waals surface area contributed by atoms with E-state index in [0.29, 0.717) is 24.0 Å². The van der Waals surface area contributed by atoms with Gasteiger partial charge in [-0.15, -0.1) is 0 Å². The number of carboxylic acids is 1. The number of rotatable bonds is 5. The summed E-state index contributed by atoms with van der Waals surface area (Å²) in [7, 11) is 0. The van der Waals surface area contributed by atoms with Crippen LogP contribution in [-0.2, 0) is 11.3 Å². The number of piperazine rings is 1. The molecule has 0 atom stereocenters. The number of amides is 1. The van der Waals surface area contributed by atoms with Gasteiger partial charge in [0.15, 0.2) is 0 Å². The van der Waals surface area contributed by atoms with E-state index in [1.807, 2.05) is 35.2 Å². The van der Waals surface area contributed by atoms with E-state index in [0.717, 1.165) is 48.1 Å². The van der Waals surface area contributed by atoms with E-state index in [2.05, 4.69) is 9.88 Å². The standard InChI is InChI=1S/C27H30ClN3O3/c28-21-9-6-19(7-10-21)26-25(18-4-2-1-3-5-18)22-11-8-20(27(33)34)16-23(22)31(26)17-24(32)30-14-12-29-13-15-30/h6-11,16,18,29H,1-5,12-15,17H2,(H,33,34). The van der Waals surface area contributed by atoms with Crippen LogP contribution in [0.4, 0.5) is 0 Å². The fourth-order valence-corrected chi connectivity index (χ4v) is 5.67. The van der Waals surface area contributed by atoms with Gasteiger partial charge in [0.05, 0.1) is 16.8 Å². The molecule has 1 saturated heterocycles. The summed E-state index contributed by atoms with van der Waals surface area (Å²) in [6.45, 7) is 3.13. The van der Waals surface area contributed by atoms with Gasteiger partial charge in [0.25, 0.3) is 0 Å². The Balaban J connectivity index is 1.72. The molecule has 2 aliphatic rings. The van der Waals surface area contributed by atoms with Crippen LogP contribution in [0.1, 0.15) is 53.9 Å². The van der Waals surface area contributed by atoms with Crippen molar-refractivity contribution in [2.45, 2.75) is 44.6 Å². The average molecular weight is 480 g/mol. The molecule has 1 saturated carbocycles. The third-order valence-corrected chi connectivity index (χ3v) is 7.50. The molecule has 2 N–H and O–H groups in total. The van der Waals surface area contributed by atoms with E-state index in [1.165, 1.54) is 24.8 Å². The minimum absolute atomic E-state index is 0.0598. The van der Waals surface area contributed by atoms with Crippen molar-refractivity contribution >= 4 is 34.4 Å². The summed E-state index contributed by atoms with van der Waals surface area (Å²) in [6.07, 6.45) is 5.82. The predicted octanol–water partition coefficient (Wildman–Crippen LogP) is 5.14. The van der Waals surface area contributed by atoms with Crippen molar-refractivity contribution in [1.29, 1.82) is 0 Å². The van der Waals surface area contributed by atoms with Crippen molar-refractivity contribution in [3.05, 3.63) is 58.6 Å². The quantitative estimate of drug-likeness (QED) is 0.531. The summed E-state index contributed by atoms with van der Waals surface area (Å²) in [4.78, 5) is 27.1. The van der Waals surface area contributed by atoms with Gasteiger partial charge in [0, 0.05) is 36.6 Å². The van der Waals surface area contributed by atoms with Crippen molar-refractivity contribution in [1.82, 2.24) is 14.8 Å². The first-order chi connectivity index (χ1) is 16.5. The maximum atomic E-state index is 13.4. The highest BCUT2D eigenvalue weighted by Crippen LogP contribution is 2.44. The molecule has 0 radical (unpaired) electrons. The number of carbonyl (C=O) groups is 2. The Morgan fingerprint density at radius 3 is 2.38 bits per heavy atom. The van der Waals surface area contributed by atoms with Gasteiger partial charge in [0.2, 0.25) is 5.91 Å². The molecule has 2 fully saturated rings. The van der Waals surface area contributed by atoms with Crippen LogP contribution >= 0.6 is 11.6 Å². The molecule has 2 aromatic carbocycles. The molecule has 1 aliphatic carbocycles. The van der Waals surface area contributed by atoms with Gasteiger partial charge in [-0.2, -0.15) is 0 Å². The molecule has 1 aliphatic heterocycles. The molecule has 0 unspecified atom stereocenters. The number of aromatic nitrogens is 1. The molecule has 1 aromatic heterocycles. The Kier molecular flexibility index (Phi) is 6.61. The van der Waals surface area contributed by atoms with Gasteiger partial charge >= 0.3 is 5.97 Å². The number of benzene rings is 2. The van der Waals surface area contributed by atoms with Crippen molar-refractivity contribution in [3.8, 4) is 11.3 Å². The Labute approximate surface area is 204 Å². The normalized spacial score (nSPS) is 17.3. The van der Waals surface area contributed by atoms with Crippen molar-refractivity contribution in [2.75, 3.05) is 26.2 Å². The minimum atomic E-state index is -0.963. The monoisotopic (exact) mass is 479 g/mol. The number of hydrogen-bond acceptors (Lipinski definition) is 3. The SMILES string of the molecule is O=C(O)c1ccc2c(C3CCCCC3)c(-c3ccc(Cl)cc3)n(CC(=O)N3CCNCC3)c2c1. The first-order valence-corrected chi connectivity index (χ1v) is 12.5. The van der Waals surface area contributed by atoms with E-state index in [4.69, 9.17) is 11.6 Å². The Morgan fingerprint density at radius 1 is 1.00 bits per heavy atom. The fraction of sp³-hybridized carbons (Fsp3) is 0.407. The van der Waals surface area contributed by atoms with Crippen molar-refractivity contribution < 1.29 is 14.7 Å². The van der Waals surface area contributed by atoms with Crippen LogP contribution in [0.5, 0.6) is 0 Å². The van der Waals surface area contributed by atoms with Crippen LogP contribution in [0.3, 0.4) is 0 Å². The predicted molar refractivity (Wildman–Crippen MR) is 135 cm³/mol. The first-order valence-electron chi connectivity index (χ1n) is 12.2. The lowest BCUT2D eigenvalue weighted by atomic mass is 9.82. The zero-order valence-electron chi connectivity index (χ0n) is 19.2. The second kappa shape index (κ2) is 9.80. The molecule has 34 heavy (non-hydrogen) atoms. The van der Waals surface area contributed by atoms with Gasteiger partial charge < -0.3 is 19.9 Å². The van der Waals surface area contributed by atoms with E-state index < -0.39 is 5.97 Å². The second-order valence-corrected chi connectivity index (χ2v) is 9.79. The maximum Gasteiger partial charge on any atom is 0.335 e. The summed E-state index contributed by atoms with van der Waals surface area (Å²) in [5.41, 5.74) is 4.31. The zero-order chi connectivity index (χ0) is 23.7. The van der Waals surface area contributed by atoms with Crippen LogP contribution in [0, 0.1) is 0 Å². The fourth-order valence-electron chi connectivity index (χ4n) is 5.55.